The molecule has 0 amide bonds. The molecule has 0 aliphatic carbocycles. The normalized spacial score (nSPS) is 30.4. The summed E-state index contributed by atoms with van der Waals surface area (Å²) in [5.74, 6) is -1.70. The topological polar surface area (TPSA) is 55.8 Å². The first kappa shape index (κ1) is 7.50. The van der Waals surface area contributed by atoms with Crippen molar-refractivity contribution >= 4 is 5.97 Å². The first-order valence-electron chi connectivity index (χ1n) is 3.06. The van der Waals surface area contributed by atoms with Crippen LogP contribution in [0.2, 0.25) is 0 Å². The molecule has 0 aromatic heterocycles. The third-order valence-corrected chi connectivity index (χ3v) is 1.28. The minimum Gasteiger partial charge on any atom is -0.479 e. The Kier molecular flexibility index (Phi) is 1.66. The second-order valence-electron chi connectivity index (χ2n) is 2.66. The maximum atomic E-state index is 10.3. The third-order valence-electron chi connectivity index (χ3n) is 1.28. The SMILES string of the molecule is CC1(C)OC[C@@H](C(=O)O)O1. The molecular formula is C6H10O4. The van der Waals surface area contributed by atoms with Gasteiger partial charge in [0, 0.05) is 0 Å². The molecule has 0 saturated carbocycles. The summed E-state index contributed by atoms with van der Waals surface area (Å²) in [5, 5.41) is 8.44. The second kappa shape index (κ2) is 2.21. The Bertz CT molecular complexity index is 152. The molecule has 4 heteroatoms. The van der Waals surface area contributed by atoms with Crippen molar-refractivity contribution in [3.63, 3.8) is 0 Å². The van der Waals surface area contributed by atoms with Gasteiger partial charge in [-0.05, 0) is 13.8 Å². The van der Waals surface area contributed by atoms with E-state index in [9.17, 15) is 4.79 Å². The lowest BCUT2D eigenvalue weighted by Gasteiger charge is -2.15. The lowest BCUT2D eigenvalue weighted by Crippen LogP contribution is -2.26. The van der Waals surface area contributed by atoms with Crippen molar-refractivity contribution in [1.82, 2.24) is 0 Å². The zero-order valence-corrected chi connectivity index (χ0v) is 5.96. The number of aliphatic carboxylic acids is 1. The van der Waals surface area contributed by atoms with Crippen molar-refractivity contribution in [2.45, 2.75) is 25.7 Å². The van der Waals surface area contributed by atoms with Crippen LogP contribution in [0.1, 0.15) is 13.8 Å². The van der Waals surface area contributed by atoms with Crippen LogP contribution in [0.25, 0.3) is 0 Å². The molecule has 0 aromatic rings. The van der Waals surface area contributed by atoms with Crippen molar-refractivity contribution in [3.05, 3.63) is 0 Å². The number of ether oxygens (including phenoxy) is 2. The molecule has 0 aromatic carbocycles. The molecule has 4 nitrogen and oxygen atoms in total. The Morgan fingerprint density at radius 3 is 2.50 bits per heavy atom. The summed E-state index contributed by atoms with van der Waals surface area (Å²) in [6.45, 7) is 3.52. The van der Waals surface area contributed by atoms with Crippen LogP contribution in [0.15, 0.2) is 0 Å². The van der Waals surface area contributed by atoms with Gasteiger partial charge in [-0.1, -0.05) is 0 Å². The van der Waals surface area contributed by atoms with Crippen LogP contribution < -0.4 is 0 Å². The van der Waals surface area contributed by atoms with E-state index in [2.05, 4.69) is 0 Å². The number of carbonyl (C=O) groups is 1. The molecule has 10 heavy (non-hydrogen) atoms. The molecule has 1 N–H and O–H groups in total. The van der Waals surface area contributed by atoms with E-state index in [1.807, 2.05) is 0 Å². The van der Waals surface area contributed by atoms with Crippen molar-refractivity contribution in [2.24, 2.45) is 0 Å². The van der Waals surface area contributed by atoms with E-state index < -0.39 is 17.9 Å². The van der Waals surface area contributed by atoms with E-state index in [0.29, 0.717) is 0 Å². The van der Waals surface area contributed by atoms with Crippen molar-refractivity contribution in [3.8, 4) is 0 Å². The maximum absolute atomic E-state index is 10.3. The van der Waals surface area contributed by atoms with Gasteiger partial charge in [0.1, 0.15) is 0 Å². The Morgan fingerprint density at radius 2 is 2.30 bits per heavy atom. The minimum absolute atomic E-state index is 0.141. The molecular weight excluding hydrogens is 136 g/mol. The lowest BCUT2D eigenvalue weighted by atomic mass is 10.4. The highest BCUT2D eigenvalue weighted by molar-refractivity contribution is 5.72. The van der Waals surface area contributed by atoms with E-state index in [-0.39, 0.29) is 6.61 Å². The van der Waals surface area contributed by atoms with E-state index in [0.717, 1.165) is 0 Å². The smallest absolute Gasteiger partial charge is 0.335 e. The molecule has 1 rings (SSSR count). The molecule has 1 fully saturated rings. The summed E-state index contributed by atoms with van der Waals surface area (Å²) >= 11 is 0. The quantitative estimate of drug-likeness (QED) is 0.575. The summed E-state index contributed by atoms with van der Waals surface area (Å²) in [4.78, 5) is 10.3. The number of carboxylic acid groups (broad SMARTS) is 1. The van der Waals surface area contributed by atoms with Crippen LogP contribution in [0, 0.1) is 0 Å². The fourth-order valence-corrected chi connectivity index (χ4v) is 0.809. The van der Waals surface area contributed by atoms with E-state index in [1.54, 1.807) is 13.8 Å². The molecule has 58 valence electrons. The summed E-state index contributed by atoms with van der Waals surface area (Å²) < 4.78 is 10.00. The largest absolute Gasteiger partial charge is 0.479 e. The molecule has 1 atom stereocenters. The zero-order chi connectivity index (χ0) is 7.78. The van der Waals surface area contributed by atoms with Gasteiger partial charge in [-0.2, -0.15) is 0 Å². The minimum atomic E-state index is -0.967. The molecule has 1 aliphatic rings. The van der Waals surface area contributed by atoms with Gasteiger partial charge in [-0.3, -0.25) is 0 Å². The fourth-order valence-electron chi connectivity index (χ4n) is 0.809. The predicted molar refractivity (Wildman–Crippen MR) is 32.5 cm³/mol. The molecule has 0 spiro atoms. The van der Waals surface area contributed by atoms with Crippen molar-refractivity contribution in [2.75, 3.05) is 6.61 Å². The van der Waals surface area contributed by atoms with Gasteiger partial charge in [-0.25, -0.2) is 4.79 Å². The van der Waals surface area contributed by atoms with Gasteiger partial charge in [0.15, 0.2) is 11.9 Å². The van der Waals surface area contributed by atoms with Crippen LogP contribution in [0.5, 0.6) is 0 Å². The van der Waals surface area contributed by atoms with Crippen LogP contribution in [0.3, 0.4) is 0 Å². The first-order valence-corrected chi connectivity index (χ1v) is 3.06. The Hall–Kier alpha value is -0.610. The van der Waals surface area contributed by atoms with Crippen LogP contribution >= 0.6 is 0 Å². The van der Waals surface area contributed by atoms with Gasteiger partial charge >= 0.3 is 5.97 Å². The summed E-state index contributed by atoms with van der Waals surface area (Å²) in [6, 6.07) is 0. The molecule has 1 heterocycles. The lowest BCUT2D eigenvalue weighted by molar-refractivity contribution is -0.164. The van der Waals surface area contributed by atoms with Crippen molar-refractivity contribution in [1.29, 1.82) is 0 Å². The highest BCUT2D eigenvalue weighted by Gasteiger charge is 2.36. The molecule has 1 aliphatic heterocycles. The highest BCUT2D eigenvalue weighted by atomic mass is 16.7. The van der Waals surface area contributed by atoms with Crippen LogP contribution in [-0.4, -0.2) is 29.6 Å². The zero-order valence-electron chi connectivity index (χ0n) is 5.96. The Labute approximate surface area is 58.7 Å². The van der Waals surface area contributed by atoms with Gasteiger partial charge in [-0.15, -0.1) is 0 Å². The van der Waals surface area contributed by atoms with Crippen LogP contribution in [-0.2, 0) is 14.3 Å². The van der Waals surface area contributed by atoms with Gasteiger partial charge in [0.25, 0.3) is 0 Å². The van der Waals surface area contributed by atoms with Crippen LogP contribution in [0.4, 0.5) is 0 Å². The average Bonchev–Trinajstić information content (AvgIpc) is 2.10. The van der Waals surface area contributed by atoms with Gasteiger partial charge < -0.3 is 14.6 Å². The molecule has 0 unspecified atom stereocenters. The third kappa shape index (κ3) is 1.46. The van der Waals surface area contributed by atoms with Gasteiger partial charge in [0.05, 0.1) is 6.61 Å². The fraction of sp³-hybridized carbons (Fsp3) is 0.833. The Morgan fingerprint density at radius 1 is 1.70 bits per heavy atom. The number of rotatable bonds is 1. The predicted octanol–water partition coefficient (Wildman–Crippen LogP) is 0.222. The van der Waals surface area contributed by atoms with E-state index in [1.165, 1.54) is 0 Å². The second-order valence-corrected chi connectivity index (χ2v) is 2.66. The average molecular weight is 146 g/mol. The number of hydrogen-bond acceptors (Lipinski definition) is 3. The molecule has 1 saturated heterocycles. The van der Waals surface area contributed by atoms with Gasteiger partial charge in [0.2, 0.25) is 0 Å². The summed E-state index contributed by atoms with van der Waals surface area (Å²) in [5.41, 5.74) is 0. The molecule has 0 radical (unpaired) electrons. The maximum Gasteiger partial charge on any atom is 0.335 e. The van der Waals surface area contributed by atoms with E-state index >= 15 is 0 Å². The summed E-state index contributed by atoms with van der Waals surface area (Å²) in [6.07, 6.45) is -0.796. The van der Waals surface area contributed by atoms with E-state index in [4.69, 9.17) is 14.6 Å². The summed E-state index contributed by atoms with van der Waals surface area (Å²) in [7, 11) is 0. The number of carboxylic acids is 1. The number of hydrogen-bond donors (Lipinski definition) is 1. The standard InChI is InChI=1S/C6H10O4/c1-6(2)9-3-4(10-6)5(7)8/h4H,3H2,1-2H3,(H,7,8)/t4-/m0/s1. The first-order chi connectivity index (χ1) is 4.51. The van der Waals surface area contributed by atoms with Crippen molar-refractivity contribution < 1.29 is 19.4 Å². The monoisotopic (exact) mass is 146 g/mol. The molecule has 0 bridgehead atoms. The highest BCUT2D eigenvalue weighted by Crippen LogP contribution is 2.21. The Balaban J connectivity index is 2.51.